The lowest BCUT2D eigenvalue weighted by molar-refractivity contribution is -0.135. The average Bonchev–Trinajstić information content (AvgIpc) is 2.13. The molecule has 15 heavy (non-hydrogen) atoms. The Morgan fingerprint density at radius 2 is 1.93 bits per heavy atom. The van der Waals surface area contributed by atoms with Gasteiger partial charge in [0.25, 0.3) is 0 Å². The Hall–Kier alpha value is -0.740. The van der Waals surface area contributed by atoms with E-state index >= 15 is 0 Å². The number of piperidine rings is 1. The van der Waals surface area contributed by atoms with Crippen molar-refractivity contribution < 1.29 is 13.2 Å². The second-order valence-corrected chi connectivity index (χ2v) is 3.96. The first kappa shape index (κ1) is 12.3. The summed E-state index contributed by atoms with van der Waals surface area (Å²) in [5, 5.41) is 7.61. The maximum atomic E-state index is 11.8. The molecule has 1 heterocycles. The highest BCUT2D eigenvalue weighted by Gasteiger charge is 2.26. The molecule has 1 aliphatic rings. The Balaban J connectivity index is 2.11. The van der Waals surface area contributed by atoms with Gasteiger partial charge in [-0.25, -0.2) is 0 Å². The zero-order valence-corrected chi connectivity index (χ0v) is 8.74. The van der Waals surface area contributed by atoms with Crippen LogP contribution in [0.1, 0.15) is 38.5 Å². The van der Waals surface area contributed by atoms with Gasteiger partial charge in [0.05, 0.1) is 5.84 Å². The van der Waals surface area contributed by atoms with Crippen LogP contribution in [0.4, 0.5) is 13.2 Å². The van der Waals surface area contributed by atoms with E-state index in [1.807, 2.05) is 4.90 Å². The van der Waals surface area contributed by atoms with Gasteiger partial charge in [-0.2, -0.15) is 13.2 Å². The monoisotopic (exact) mass is 222 g/mol. The topological polar surface area (TPSA) is 27.1 Å². The molecule has 0 unspecified atom stereocenters. The van der Waals surface area contributed by atoms with E-state index in [2.05, 4.69) is 0 Å². The molecule has 1 aliphatic heterocycles. The molecule has 0 aliphatic carbocycles. The van der Waals surface area contributed by atoms with Crippen LogP contribution in [0.15, 0.2) is 0 Å². The fraction of sp³-hybridized carbons (Fsp3) is 0.900. The predicted molar refractivity (Wildman–Crippen MR) is 53.1 cm³/mol. The molecule has 0 radical (unpaired) electrons. The Bertz CT molecular complexity index is 213. The minimum atomic E-state index is -4.03. The number of nitrogens with zero attached hydrogens (tertiary/aromatic N) is 1. The average molecular weight is 222 g/mol. The molecule has 0 bridgehead atoms. The van der Waals surface area contributed by atoms with Gasteiger partial charge in [-0.3, -0.25) is 5.41 Å². The Kier molecular flexibility index (Phi) is 4.42. The summed E-state index contributed by atoms with van der Waals surface area (Å²) in [6.07, 6.45) is -1.16. The van der Waals surface area contributed by atoms with E-state index in [1.165, 1.54) is 0 Å². The third-order valence-corrected chi connectivity index (χ3v) is 2.61. The summed E-state index contributed by atoms with van der Waals surface area (Å²) in [5.41, 5.74) is 0. The summed E-state index contributed by atoms with van der Waals surface area (Å²) in [6.45, 7) is 1.44. The SMILES string of the molecule is N=C1CCCCN1CCCCC(F)(F)F. The van der Waals surface area contributed by atoms with Crippen molar-refractivity contribution in [1.82, 2.24) is 4.90 Å². The highest BCUT2D eigenvalue weighted by Crippen LogP contribution is 2.22. The summed E-state index contributed by atoms with van der Waals surface area (Å²) in [6, 6.07) is 0. The lowest BCUT2D eigenvalue weighted by atomic mass is 10.1. The highest BCUT2D eigenvalue weighted by atomic mass is 19.4. The van der Waals surface area contributed by atoms with Crippen LogP contribution in [0.3, 0.4) is 0 Å². The Labute approximate surface area is 88.0 Å². The number of alkyl halides is 3. The second kappa shape index (κ2) is 5.37. The molecule has 1 saturated heterocycles. The first-order valence-corrected chi connectivity index (χ1v) is 5.38. The third kappa shape index (κ3) is 5.04. The van der Waals surface area contributed by atoms with Gasteiger partial charge in [-0.15, -0.1) is 0 Å². The zero-order valence-electron chi connectivity index (χ0n) is 8.74. The maximum absolute atomic E-state index is 11.8. The molecule has 1 N–H and O–H groups in total. The van der Waals surface area contributed by atoms with Crippen LogP contribution >= 0.6 is 0 Å². The molecule has 0 aromatic carbocycles. The summed E-state index contributed by atoms with van der Waals surface area (Å²) in [4.78, 5) is 1.90. The standard InChI is InChI=1S/C10H17F3N2/c11-10(12,13)6-2-4-8-15-7-3-1-5-9(15)14/h14H,1-8H2. The molecule has 1 rings (SSSR count). The second-order valence-electron chi connectivity index (χ2n) is 3.96. The van der Waals surface area contributed by atoms with E-state index in [0.29, 0.717) is 18.8 Å². The summed E-state index contributed by atoms with van der Waals surface area (Å²) < 4.78 is 35.5. The molecule has 0 saturated carbocycles. The van der Waals surface area contributed by atoms with Gasteiger partial charge < -0.3 is 4.90 Å². The number of hydrogen-bond donors (Lipinski definition) is 1. The first-order valence-electron chi connectivity index (χ1n) is 5.38. The van der Waals surface area contributed by atoms with Crippen molar-refractivity contribution in [3.63, 3.8) is 0 Å². The van der Waals surface area contributed by atoms with E-state index in [9.17, 15) is 13.2 Å². The fourth-order valence-corrected chi connectivity index (χ4v) is 1.76. The first-order chi connectivity index (χ1) is 6.99. The van der Waals surface area contributed by atoms with Gasteiger partial charge in [0.2, 0.25) is 0 Å². The molecule has 0 aromatic rings. The number of amidine groups is 1. The summed E-state index contributed by atoms with van der Waals surface area (Å²) >= 11 is 0. The van der Waals surface area contributed by atoms with Crippen molar-refractivity contribution in [3.8, 4) is 0 Å². The van der Waals surface area contributed by atoms with Crippen molar-refractivity contribution in [3.05, 3.63) is 0 Å². The molecule has 0 amide bonds. The molecular weight excluding hydrogens is 205 g/mol. The quantitative estimate of drug-likeness (QED) is 0.727. The molecule has 5 heteroatoms. The number of hydrogen-bond acceptors (Lipinski definition) is 1. The minimum Gasteiger partial charge on any atom is -0.361 e. The van der Waals surface area contributed by atoms with Crippen LogP contribution in [-0.4, -0.2) is 30.0 Å². The molecule has 1 fully saturated rings. The van der Waals surface area contributed by atoms with Crippen LogP contribution in [-0.2, 0) is 0 Å². The van der Waals surface area contributed by atoms with Gasteiger partial charge in [-0.1, -0.05) is 0 Å². The normalized spacial score (nSPS) is 18.3. The fourth-order valence-electron chi connectivity index (χ4n) is 1.76. The number of unbranched alkanes of at least 4 members (excludes halogenated alkanes) is 1. The number of nitrogens with one attached hydrogen (secondary N) is 1. The molecule has 88 valence electrons. The van der Waals surface area contributed by atoms with Gasteiger partial charge in [-0.05, 0) is 25.7 Å². The van der Waals surface area contributed by atoms with Gasteiger partial charge in [0.1, 0.15) is 0 Å². The van der Waals surface area contributed by atoms with Crippen molar-refractivity contribution in [2.75, 3.05) is 13.1 Å². The van der Waals surface area contributed by atoms with Crippen molar-refractivity contribution in [2.24, 2.45) is 0 Å². The number of halogens is 3. The summed E-state index contributed by atoms with van der Waals surface area (Å²) in [5.74, 6) is 0.591. The predicted octanol–water partition coefficient (Wildman–Crippen LogP) is 3.18. The van der Waals surface area contributed by atoms with Gasteiger partial charge in [0, 0.05) is 25.9 Å². The zero-order chi connectivity index (χ0) is 11.3. The molecule has 0 aromatic heterocycles. The molecule has 0 spiro atoms. The van der Waals surface area contributed by atoms with Crippen LogP contribution in [0.5, 0.6) is 0 Å². The maximum Gasteiger partial charge on any atom is 0.389 e. The largest absolute Gasteiger partial charge is 0.389 e. The minimum absolute atomic E-state index is 0.174. The summed E-state index contributed by atoms with van der Waals surface area (Å²) in [7, 11) is 0. The van der Waals surface area contributed by atoms with E-state index in [1.54, 1.807) is 0 Å². The third-order valence-electron chi connectivity index (χ3n) is 2.61. The Morgan fingerprint density at radius 1 is 1.20 bits per heavy atom. The number of likely N-dealkylation sites (tertiary alicyclic amines) is 1. The van der Waals surface area contributed by atoms with Crippen molar-refractivity contribution >= 4 is 5.84 Å². The van der Waals surface area contributed by atoms with E-state index in [4.69, 9.17) is 5.41 Å². The molecular formula is C10H17F3N2. The van der Waals surface area contributed by atoms with Gasteiger partial charge >= 0.3 is 6.18 Å². The van der Waals surface area contributed by atoms with E-state index in [-0.39, 0.29) is 6.42 Å². The lowest BCUT2D eigenvalue weighted by Gasteiger charge is -2.29. The van der Waals surface area contributed by atoms with Crippen molar-refractivity contribution in [1.29, 1.82) is 5.41 Å². The van der Waals surface area contributed by atoms with Crippen LogP contribution in [0, 0.1) is 5.41 Å². The molecule has 2 nitrogen and oxygen atoms in total. The highest BCUT2D eigenvalue weighted by molar-refractivity contribution is 5.79. The van der Waals surface area contributed by atoms with E-state index < -0.39 is 12.6 Å². The Morgan fingerprint density at radius 3 is 2.53 bits per heavy atom. The smallest absolute Gasteiger partial charge is 0.361 e. The van der Waals surface area contributed by atoms with Gasteiger partial charge in [0.15, 0.2) is 0 Å². The van der Waals surface area contributed by atoms with Crippen LogP contribution in [0.2, 0.25) is 0 Å². The van der Waals surface area contributed by atoms with Crippen molar-refractivity contribution in [2.45, 2.75) is 44.7 Å². The lowest BCUT2D eigenvalue weighted by Crippen LogP contribution is -2.35. The van der Waals surface area contributed by atoms with Crippen LogP contribution in [0.25, 0.3) is 0 Å². The molecule has 0 atom stereocenters. The van der Waals surface area contributed by atoms with E-state index in [0.717, 1.165) is 25.8 Å². The van der Waals surface area contributed by atoms with Crippen LogP contribution < -0.4 is 0 Å². The number of rotatable bonds is 4.